The van der Waals surface area contributed by atoms with E-state index in [0.717, 1.165) is 38.3 Å². The van der Waals surface area contributed by atoms with Crippen molar-refractivity contribution in [3.8, 4) is 0 Å². The molecule has 1 saturated heterocycles. The van der Waals surface area contributed by atoms with Crippen molar-refractivity contribution in [2.45, 2.75) is 13.3 Å². The van der Waals surface area contributed by atoms with E-state index in [1.165, 1.54) is 5.56 Å². The van der Waals surface area contributed by atoms with E-state index in [1.54, 1.807) is 0 Å². The van der Waals surface area contributed by atoms with Crippen LogP contribution in [-0.4, -0.2) is 37.1 Å². The number of nitrogens with one attached hydrogen (secondary N) is 2. The summed E-state index contributed by atoms with van der Waals surface area (Å²) in [6.45, 7) is 5.43. The fourth-order valence-corrected chi connectivity index (χ4v) is 1.89. The molecule has 1 aromatic carbocycles. The second-order valence-electron chi connectivity index (χ2n) is 4.22. The van der Waals surface area contributed by atoms with Gasteiger partial charge in [0.15, 0.2) is 0 Å². The molecule has 2 N–H and O–H groups in total. The summed E-state index contributed by atoms with van der Waals surface area (Å²) in [5.74, 6) is 0. The van der Waals surface area contributed by atoms with Crippen LogP contribution in [0.25, 0.3) is 0 Å². The molecule has 0 saturated carbocycles. The Balaban J connectivity index is 1.92. The first kappa shape index (κ1) is 11.9. The molecule has 0 radical (unpaired) electrons. The van der Waals surface area contributed by atoms with Gasteiger partial charge in [-0.05, 0) is 24.1 Å². The molecule has 0 aliphatic carbocycles. The van der Waals surface area contributed by atoms with E-state index in [-0.39, 0.29) is 6.03 Å². The molecule has 92 valence electrons. The molecule has 0 bridgehead atoms. The molecule has 0 atom stereocenters. The van der Waals surface area contributed by atoms with Crippen molar-refractivity contribution in [1.82, 2.24) is 10.2 Å². The molecular weight excluding hydrogens is 214 g/mol. The molecule has 1 aliphatic heterocycles. The van der Waals surface area contributed by atoms with Gasteiger partial charge in [0.2, 0.25) is 0 Å². The van der Waals surface area contributed by atoms with E-state index in [1.807, 2.05) is 29.2 Å². The summed E-state index contributed by atoms with van der Waals surface area (Å²) in [6.07, 6.45) is 1.02. The Morgan fingerprint density at radius 3 is 2.53 bits per heavy atom. The van der Waals surface area contributed by atoms with E-state index in [2.05, 4.69) is 17.6 Å². The molecular formula is C13H19N3O. The van der Waals surface area contributed by atoms with Gasteiger partial charge >= 0.3 is 6.03 Å². The van der Waals surface area contributed by atoms with Crippen LogP contribution >= 0.6 is 0 Å². The minimum absolute atomic E-state index is 0.00394. The van der Waals surface area contributed by atoms with Crippen LogP contribution in [0.2, 0.25) is 0 Å². The first-order chi connectivity index (χ1) is 8.29. The summed E-state index contributed by atoms with van der Waals surface area (Å²) in [4.78, 5) is 13.7. The van der Waals surface area contributed by atoms with E-state index in [0.29, 0.717) is 0 Å². The zero-order valence-electron chi connectivity index (χ0n) is 10.2. The Labute approximate surface area is 102 Å². The predicted octanol–water partition coefficient (Wildman–Crippen LogP) is 1.69. The maximum atomic E-state index is 11.9. The third-order valence-electron chi connectivity index (χ3n) is 3.02. The van der Waals surface area contributed by atoms with E-state index >= 15 is 0 Å². The summed E-state index contributed by atoms with van der Waals surface area (Å²) in [5.41, 5.74) is 2.15. The highest BCUT2D eigenvalue weighted by atomic mass is 16.2. The first-order valence-electron chi connectivity index (χ1n) is 6.15. The quantitative estimate of drug-likeness (QED) is 0.816. The first-order valence-corrected chi connectivity index (χ1v) is 6.15. The number of amides is 2. The van der Waals surface area contributed by atoms with E-state index in [9.17, 15) is 4.79 Å². The Morgan fingerprint density at radius 1 is 1.29 bits per heavy atom. The number of hydrogen-bond acceptors (Lipinski definition) is 2. The van der Waals surface area contributed by atoms with Gasteiger partial charge < -0.3 is 15.5 Å². The molecule has 1 aliphatic rings. The zero-order chi connectivity index (χ0) is 12.1. The molecule has 0 unspecified atom stereocenters. The maximum absolute atomic E-state index is 11.9. The lowest BCUT2D eigenvalue weighted by Gasteiger charge is -2.27. The Kier molecular flexibility index (Phi) is 3.98. The number of aryl methyl sites for hydroxylation is 1. The fourth-order valence-electron chi connectivity index (χ4n) is 1.89. The highest BCUT2D eigenvalue weighted by Gasteiger charge is 2.15. The van der Waals surface area contributed by atoms with Crippen LogP contribution in [0, 0.1) is 0 Å². The number of anilines is 1. The lowest BCUT2D eigenvalue weighted by Crippen LogP contribution is -2.48. The standard InChI is InChI=1S/C13H19N3O/c1-2-11-3-5-12(6-4-11)15-13(17)16-9-7-14-8-10-16/h3-6,14H,2,7-10H2,1H3,(H,15,17). The minimum atomic E-state index is -0.00394. The Morgan fingerprint density at radius 2 is 1.94 bits per heavy atom. The van der Waals surface area contributed by atoms with Crippen LogP contribution in [0.15, 0.2) is 24.3 Å². The highest BCUT2D eigenvalue weighted by molar-refractivity contribution is 5.89. The Hall–Kier alpha value is -1.55. The summed E-state index contributed by atoms with van der Waals surface area (Å²) >= 11 is 0. The number of nitrogens with zero attached hydrogens (tertiary/aromatic N) is 1. The number of rotatable bonds is 2. The van der Waals surface area contributed by atoms with Crippen LogP contribution < -0.4 is 10.6 Å². The molecule has 1 fully saturated rings. The zero-order valence-corrected chi connectivity index (χ0v) is 10.2. The largest absolute Gasteiger partial charge is 0.322 e. The van der Waals surface area contributed by atoms with E-state index < -0.39 is 0 Å². The normalized spacial score (nSPS) is 15.7. The van der Waals surface area contributed by atoms with Crippen molar-refractivity contribution in [3.63, 3.8) is 0 Å². The lowest BCUT2D eigenvalue weighted by atomic mass is 10.1. The molecule has 0 spiro atoms. The number of carbonyl (C=O) groups excluding carboxylic acids is 1. The van der Waals surface area contributed by atoms with Gasteiger partial charge in [0, 0.05) is 31.9 Å². The van der Waals surface area contributed by atoms with Crippen molar-refractivity contribution >= 4 is 11.7 Å². The molecule has 4 nitrogen and oxygen atoms in total. The van der Waals surface area contributed by atoms with Gasteiger partial charge in [-0.2, -0.15) is 0 Å². The van der Waals surface area contributed by atoms with Crippen molar-refractivity contribution in [2.75, 3.05) is 31.5 Å². The fraction of sp³-hybridized carbons (Fsp3) is 0.462. The second-order valence-corrected chi connectivity index (χ2v) is 4.22. The Bertz CT molecular complexity index is 369. The van der Waals surface area contributed by atoms with Crippen LogP contribution in [0.5, 0.6) is 0 Å². The number of carbonyl (C=O) groups is 1. The van der Waals surface area contributed by atoms with Gasteiger partial charge in [0.25, 0.3) is 0 Å². The average Bonchev–Trinajstić information content (AvgIpc) is 2.40. The van der Waals surface area contributed by atoms with Crippen LogP contribution in [0.4, 0.5) is 10.5 Å². The molecule has 0 aromatic heterocycles. The number of hydrogen-bond donors (Lipinski definition) is 2. The molecule has 1 aromatic rings. The van der Waals surface area contributed by atoms with Gasteiger partial charge in [0.1, 0.15) is 0 Å². The molecule has 17 heavy (non-hydrogen) atoms. The van der Waals surface area contributed by atoms with Crippen LogP contribution in [0.3, 0.4) is 0 Å². The third-order valence-corrected chi connectivity index (χ3v) is 3.02. The van der Waals surface area contributed by atoms with Gasteiger partial charge in [0.05, 0.1) is 0 Å². The van der Waals surface area contributed by atoms with Crippen LogP contribution in [-0.2, 0) is 6.42 Å². The van der Waals surface area contributed by atoms with Gasteiger partial charge in [-0.1, -0.05) is 19.1 Å². The van der Waals surface area contributed by atoms with Gasteiger partial charge in [-0.3, -0.25) is 0 Å². The highest BCUT2D eigenvalue weighted by Crippen LogP contribution is 2.11. The summed E-state index contributed by atoms with van der Waals surface area (Å²) in [5, 5.41) is 6.15. The summed E-state index contributed by atoms with van der Waals surface area (Å²) in [7, 11) is 0. The molecule has 2 amide bonds. The number of urea groups is 1. The molecule has 4 heteroatoms. The minimum Gasteiger partial charge on any atom is -0.322 e. The number of piperazine rings is 1. The van der Waals surface area contributed by atoms with E-state index in [4.69, 9.17) is 0 Å². The molecule has 1 heterocycles. The topological polar surface area (TPSA) is 44.4 Å². The monoisotopic (exact) mass is 233 g/mol. The van der Waals surface area contributed by atoms with Crippen molar-refractivity contribution in [1.29, 1.82) is 0 Å². The number of benzene rings is 1. The average molecular weight is 233 g/mol. The van der Waals surface area contributed by atoms with Gasteiger partial charge in [-0.25, -0.2) is 4.79 Å². The summed E-state index contributed by atoms with van der Waals surface area (Å²) < 4.78 is 0. The second kappa shape index (κ2) is 5.68. The third kappa shape index (κ3) is 3.20. The lowest BCUT2D eigenvalue weighted by molar-refractivity contribution is 0.204. The predicted molar refractivity (Wildman–Crippen MR) is 69.3 cm³/mol. The van der Waals surface area contributed by atoms with Crippen molar-refractivity contribution < 1.29 is 4.79 Å². The molecule has 2 rings (SSSR count). The maximum Gasteiger partial charge on any atom is 0.321 e. The van der Waals surface area contributed by atoms with Crippen LogP contribution in [0.1, 0.15) is 12.5 Å². The SMILES string of the molecule is CCc1ccc(NC(=O)N2CCNCC2)cc1. The van der Waals surface area contributed by atoms with Crippen molar-refractivity contribution in [3.05, 3.63) is 29.8 Å². The van der Waals surface area contributed by atoms with Crippen molar-refractivity contribution in [2.24, 2.45) is 0 Å². The van der Waals surface area contributed by atoms with Gasteiger partial charge in [-0.15, -0.1) is 0 Å². The smallest absolute Gasteiger partial charge is 0.321 e. The summed E-state index contributed by atoms with van der Waals surface area (Å²) in [6, 6.07) is 8.01.